The topological polar surface area (TPSA) is 40.5 Å². The third-order valence-corrected chi connectivity index (χ3v) is 2.30. The van der Waals surface area contributed by atoms with Crippen molar-refractivity contribution in [2.24, 2.45) is 5.92 Å². The molecule has 2 atom stereocenters. The van der Waals surface area contributed by atoms with Crippen LogP contribution in [0, 0.1) is 5.92 Å². The Morgan fingerprint density at radius 2 is 1.92 bits per heavy atom. The Morgan fingerprint density at radius 1 is 1.25 bits per heavy atom. The summed E-state index contributed by atoms with van der Waals surface area (Å²) in [4.78, 5) is 0. The lowest BCUT2D eigenvalue weighted by atomic mass is 9.95. The van der Waals surface area contributed by atoms with E-state index in [0.29, 0.717) is 5.92 Å². The molecule has 0 aliphatic rings. The second kappa shape index (κ2) is 7.56. The summed E-state index contributed by atoms with van der Waals surface area (Å²) >= 11 is 0. The third-order valence-electron chi connectivity index (χ3n) is 2.30. The van der Waals surface area contributed by atoms with Crippen molar-refractivity contribution < 1.29 is 10.2 Å². The predicted molar refractivity (Wildman–Crippen MR) is 51.0 cm³/mol. The maximum absolute atomic E-state index is 9.35. The van der Waals surface area contributed by atoms with Gasteiger partial charge in [0.05, 0.1) is 6.10 Å². The smallest absolute Gasteiger partial charge is 0.0541 e. The van der Waals surface area contributed by atoms with Crippen LogP contribution in [0.15, 0.2) is 0 Å². The first-order chi connectivity index (χ1) is 5.74. The minimum atomic E-state index is -0.223. The van der Waals surface area contributed by atoms with Gasteiger partial charge in [-0.15, -0.1) is 0 Å². The van der Waals surface area contributed by atoms with E-state index in [1.54, 1.807) is 0 Å². The highest BCUT2D eigenvalue weighted by Crippen LogP contribution is 2.15. The van der Waals surface area contributed by atoms with E-state index in [1.165, 1.54) is 6.42 Å². The lowest BCUT2D eigenvalue weighted by molar-refractivity contribution is 0.108. The number of aliphatic hydroxyl groups is 2. The van der Waals surface area contributed by atoms with Gasteiger partial charge in [0, 0.05) is 6.61 Å². The molecule has 2 unspecified atom stereocenters. The molecule has 0 heterocycles. The first-order valence-corrected chi connectivity index (χ1v) is 5.03. The molecule has 0 fully saturated rings. The van der Waals surface area contributed by atoms with Crippen molar-refractivity contribution in [3.63, 3.8) is 0 Å². The molecule has 0 aliphatic carbocycles. The SMILES string of the molecule is CCCCC(CO)CC(O)CC. The summed E-state index contributed by atoms with van der Waals surface area (Å²) in [6, 6.07) is 0. The number of hydrogen-bond donors (Lipinski definition) is 2. The summed E-state index contributed by atoms with van der Waals surface area (Å²) in [5, 5.41) is 18.3. The molecule has 0 saturated heterocycles. The first kappa shape index (κ1) is 11.9. The number of hydrogen-bond acceptors (Lipinski definition) is 2. The molecule has 0 aromatic heterocycles. The van der Waals surface area contributed by atoms with Gasteiger partial charge in [0.1, 0.15) is 0 Å². The molecule has 2 N–H and O–H groups in total. The standard InChI is InChI=1S/C10H22O2/c1-3-5-6-9(8-11)7-10(12)4-2/h9-12H,3-8H2,1-2H3. The zero-order chi connectivity index (χ0) is 9.40. The van der Waals surface area contributed by atoms with Crippen molar-refractivity contribution in [1.82, 2.24) is 0 Å². The van der Waals surface area contributed by atoms with Crippen LogP contribution in [-0.2, 0) is 0 Å². The van der Waals surface area contributed by atoms with Crippen molar-refractivity contribution in [2.45, 2.75) is 52.1 Å². The Kier molecular flexibility index (Phi) is 7.51. The zero-order valence-corrected chi connectivity index (χ0v) is 8.29. The van der Waals surface area contributed by atoms with Gasteiger partial charge in [-0.05, 0) is 25.2 Å². The van der Waals surface area contributed by atoms with Crippen molar-refractivity contribution in [3.8, 4) is 0 Å². The molecule has 2 heteroatoms. The summed E-state index contributed by atoms with van der Waals surface area (Å²) in [6.07, 6.45) is 4.69. The van der Waals surface area contributed by atoms with E-state index in [1.807, 2.05) is 6.92 Å². The number of rotatable bonds is 7. The summed E-state index contributed by atoms with van der Waals surface area (Å²) in [6.45, 7) is 4.33. The monoisotopic (exact) mass is 174 g/mol. The fourth-order valence-electron chi connectivity index (χ4n) is 1.33. The second-order valence-electron chi connectivity index (χ2n) is 3.49. The quantitative estimate of drug-likeness (QED) is 0.619. The van der Waals surface area contributed by atoms with E-state index in [4.69, 9.17) is 5.11 Å². The van der Waals surface area contributed by atoms with Crippen molar-refractivity contribution in [3.05, 3.63) is 0 Å². The van der Waals surface area contributed by atoms with E-state index < -0.39 is 0 Å². The highest BCUT2D eigenvalue weighted by Gasteiger charge is 2.11. The second-order valence-corrected chi connectivity index (χ2v) is 3.49. The Balaban J connectivity index is 3.51. The van der Waals surface area contributed by atoms with Crippen LogP contribution in [0.5, 0.6) is 0 Å². The molecule has 0 amide bonds. The Morgan fingerprint density at radius 3 is 2.33 bits per heavy atom. The maximum Gasteiger partial charge on any atom is 0.0541 e. The van der Waals surface area contributed by atoms with E-state index in [2.05, 4.69) is 6.92 Å². The molecule has 0 radical (unpaired) electrons. The average Bonchev–Trinajstić information content (AvgIpc) is 2.11. The Labute approximate surface area is 75.6 Å². The van der Waals surface area contributed by atoms with Crippen molar-refractivity contribution in [1.29, 1.82) is 0 Å². The fourth-order valence-corrected chi connectivity index (χ4v) is 1.33. The lowest BCUT2D eigenvalue weighted by Crippen LogP contribution is -2.15. The molecule has 0 aliphatic heterocycles. The predicted octanol–water partition coefficient (Wildman–Crippen LogP) is 1.95. The van der Waals surface area contributed by atoms with E-state index in [9.17, 15) is 5.11 Å². The average molecular weight is 174 g/mol. The summed E-state index contributed by atoms with van der Waals surface area (Å²) < 4.78 is 0. The van der Waals surface area contributed by atoms with Crippen LogP contribution < -0.4 is 0 Å². The molecular formula is C10H22O2. The molecule has 74 valence electrons. The van der Waals surface area contributed by atoms with Gasteiger partial charge >= 0.3 is 0 Å². The van der Waals surface area contributed by atoms with Crippen LogP contribution >= 0.6 is 0 Å². The molecule has 0 spiro atoms. The van der Waals surface area contributed by atoms with Gasteiger partial charge in [-0.3, -0.25) is 0 Å². The molecule has 0 rings (SSSR count). The summed E-state index contributed by atoms with van der Waals surface area (Å²) in [5.74, 6) is 0.305. The first-order valence-electron chi connectivity index (χ1n) is 5.03. The van der Waals surface area contributed by atoms with E-state index in [-0.39, 0.29) is 12.7 Å². The van der Waals surface area contributed by atoms with Gasteiger partial charge in [-0.25, -0.2) is 0 Å². The summed E-state index contributed by atoms with van der Waals surface area (Å²) in [7, 11) is 0. The minimum Gasteiger partial charge on any atom is -0.396 e. The van der Waals surface area contributed by atoms with Gasteiger partial charge in [0.25, 0.3) is 0 Å². The molecule has 0 aromatic rings. The van der Waals surface area contributed by atoms with Crippen LogP contribution in [0.2, 0.25) is 0 Å². The Hall–Kier alpha value is -0.0800. The van der Waals surface area contributed by atoms with Gasteiger partial charge in [-0.1, -0.05) is 26.7 Å². The van der Waals surface area contributed by atoms with Crippen LogP contribution in [0.25, 0.3) is 0 Å². The van der Waals surface area contributed by atoms with Crippen LogP contribution in [0.1, 0.15) is 46.0 Å². The highest BCUT2D eigenvalue weighted by molar-refractivity contribution is 4.63. The van der Waals surface area contributed by atoms with E-state index in [0.717, 1.165) is 25.7 Å². The molecule has 0 saturated carbocycles. The molecule has 0 aromatic carbocycles. The molecule has 2 nitrogen and oxygen atoms in total. The largest absolute Gasteiger partial charge is 0.396 e. The maximum atomic E-state index is 9.35. The zero-order valence-electron chi connectivity index (χ0n) is 8.29. The van der Waals surface area contributed by atoms with Gasteiger partial charge in [0.2, 0.25) is 0 Å². The molecule has 12 heavy (non-hydrogen) atoms. The summed E-state index contributed by atoms with van der Waals surface area (Å²) in [5.41, 5.74) is 0. The molecule has 0 bridgehead atoms. The van der Waals surface area contributed by atoms with Crippen molar-refractivity contribution in [2.75, 3.05) is 6.61 Å². The minimum absolute atomic E-state index is 0.219. The van der Waals surface area contributed by atoms with Gasteiger partial charge < -0.3 is 10.2 Å². The van der Waals surface area contributed by atoms with Crippen LogP contribution in [0.4, 0.5) is 0 Å². The Bertz CT molecular complexity index is 93.8. The van der Waals surface area contributed by atoms with Crippen LogP contribution in [0.3, 0.4) is 0 Å². The highest BCUT2D eigenvalue weighted by atomic mass is 16.3. The number of unbranched alkanes of at least 4 members (excludes halogenated alkanes) is 1. The fraction of sp³-hybridized carbons (Fsp3) is 1.00. The van der Waals surface area contributed by atoms with E-state index >= 15 is 0 Å². The number of aliphatic hydroxyl groups excluding tert-OH is 2. The third kappa shape index (κ3) is 5.56. The lowest BCUT2D eigenvalue weighted by Gasteiger charge is -2.16. The molecular weight excluding hydrogens is 152 g/mol. The normalized spacial score (nSPS) is 16.0. The van der Waals surface area contributed by atoms with Gasteiger partial charge in [-0.2, -0.15) is 0 Å². The van der Waals surface area contributed by atoms with Crippen molar-refractivity contribution >= 4 is 0 Å². The van der Waals surface area contributed by atoms with Gasteiger partial charge in [0.15, 0.2) is 0 Å². The van der Waals surface area contributed by atoms with Crippen LogP contribution in [-0.4, -0.2) is 22.9 Å².